The van der Waals surface area contributed by atoms with Crippen LogP contribution in [0.25, 0.3) is 0 Å². The first-order valence-electron chi connectivity index (χ1n) is 6.00. The van der Waals surface area contributed by atoms with Gasteiger partial charge in [0.15, 0.2) is 0 Å². The van der Waals surface area contributed by atoms with Crippen LogP contribution in [-0.2, 0) is 0 Å². The van der Waals surface area contributed by atoms with E-state index >= 15 is 0 Å². The van der Waals surface area contributed by atoms with Gasteiger partial charge in [-0.15, -0.1) is 0 Å². The third-order valence-electron chi connectivity index (χ3n) is 3.06. The van der Waals surface area contributed by atoms with E-state index in [4.69, 9.17) is 10.5 Å². The van der Waals surface area contributed by atoms with Gasteiger partial charge in [-0.05, 0) is 48.6 Å². The van der Waals surface area contributed by atoms with E-state index in [1.807, 2.05) is 26.0 Å². The van der Waals surface area contributed by atoms with Crippen molar-refractivity contribution in [3.63, 3.8) is 0 Å². The summed E-state index contributed by atoms with van der Waals surface area (Å²) in [4.78, 5) is 0. The molecule has 3 N–H and O–H groups in total. The van der Waals surface area contributed by atoms with Gasteiger partial charge in [0.1, 0.15) is 5.75 Å². The molecule has 3 nitrogen and oxygen atoms in total. The second-order valence-electron chi connectivity index (χ2n) is 4.91. The fraction of sp³-hybridized carbons (Fsp3) is 0.571. The molecule has 0 saturated heterocycles. The Morgan fingerprint density at radius 2 is 1.76 bits per heavy atom. The molecule has 17 heavy (non-hydrogen) atoms. The van der Waals surface area contributed by atoms with Crippen molar-refractivity contribution in [2.75, 3.05) is 7.11 Å². The Kier molecular flexibility index (Phi) is 4.54. The van der Waals surface area contributed by atoms with Gasteiger partial charge < -0.3 is 15.6 Å². The predicted molar refractivity (Wildman–Crippen MR) is 70.4 cm³/mol. The molecule has 3 heteroatoms. The molecule has 96 valence electrons. The maximum absolute atomic E-state index is 10.1. The molecule has 0 aliphatic carbocycles. The summed E-state index contributed by atoms with van der Waals surface area (Å²) in [6, 6.07) is 3.70. The third-order valence-corrected chi connectivity index (χ3v) is 3.06. The maximum Gasteiger partial charge on any atom is 0.122 e. The van der Waals surface area contributed by atoms with Gasteiger partial charge in [0.05, 0.1) is 13.2 Å². The first-order valence-corrected chi connectivity index (χ1v) is 6.00. The average molecular weight is 237 g/mol. The molecule has 0 saturated carbocycles. The number of aliphatic hydroxyl groups is 1. The van der Waals surface area contributed by atoms with Crippen molar-refractivity contribution in [2.24, 2.45) is 5.73 Å². The summed E-state index contributed by atoms with van der Waals surface area (Å²) < 4.78 is 5.37. The van der Waals surface area contributed by atoms with E-state index in [0.29, 0.717) is 5.92 Å². The van der Waals surface area contributed by atoms with Gasteiger partial charge in [0, 0.05) is 6.04 Å². The molecule has 0 aliphatic rings. The van der Waals surface area contributed by atoms with Crippen LogP contribution in [0.4, 0.5) is 0 Å². The van der Waals surface area contributed by atoms with Gasteiger partial charge >= 0.3 is 0 Å². The molecular formula is C14H23NO2. The van der Waals surface area contributed by atoms with E-state index in [2.05, 4.69) is 13.8 Å². The summed E-state index contributed by atoms with van der Waals surface area (Å²) in [5.41, 5.74) is 8.76. The van der Waals surface area contributed by atoms with E-state index in [1.165, 1.54) is 0 Å². The molecule has 0 bridgehead atoms. The van der Waals surface area contributed by atoms with Crippen molar-refractivity contribution in [1.82, 2.24) is 0 Å². The Labute approximate surface area is 104 Å². The number of ether oxygens (including phenoxy) is 1. The van der Waals surface area contributed by atoms with Crippen molar-refractivity contribution >= 4 is 0 Å². The Morgan fingerprint density at radius 3 is 2.18 bits per heavy atom. The highest BCUT2D eigenvalue weighted by Gasteiger charge is 2.18. The Bertz CT molecular complexity index is 386. The molecule has 1 rings (SSSR count). The van der Waals surface area contributed by atoms with E-state index < -0.39 is 6.10 Å². The third kappa shape index (κ3) is 2.99. The fourth-order valence-corrected chi connectivity index (χ4v) is 1.95. The summed E-state index contributed by atoms with van der Waals surface area (Å²) in [5.74, 6) is 1.22. The minimum absolute atomic E-state index is 0.276. The fourth-order valence-electron chi connectivity index (χ4n) is 1.95. The number of nitrogens with two attached hydrogens (primary N) is 1. The number of rotatable bonds is 4. The lowest BCUT2D eigenvalue weighted by Crippen LogP contribution is -2.25. The topological polar surface area (TPSA) is 55.5 Å². The Balaban J connectivity index is 3.29. The monoisotopic (exact) mass is 237 g/mol. The predicted octanol–water partition coefficient (Wildman–Crippen LogP) is 2.51. The zero-order valence-corrected chi connectivity index (χ0v) is 11.3. The van der Waals surface area contributed by atoms with Crippen LogP contribution in [0, 0.1) is 6.92 Å². The van der Waals surface area contributed by atoms with E-state index in [0.717, 1.165) is 22.4 Å². The number of hydrogen-bond donors (Lipinski definition) is 2. The summed E-state index contributed by atoms with van der Waals surface area (Å²) >= 11 is 0. The molecule has 0 heterocycles. The van der Waals surface area contributed by atoms with Crippen LogP contribution in [0.5, 0.6) is 5.75 Å². The van der Waals surface area contributed by atoms with E-state index in [9.17, 15) is 5.11 Å². The first kappa shape index (κ1) is 14.0. The highest BCUT2D eigenvalue weighted by Crippen LogP contribution is 2.32. The van der Waals surface area contributed by atoms with Gasteiger partial charge in [0.25, 0.3) is 0 Å². The second-order valence-corrected chi connectivity index (χ2v) is 4.91. The van der Waals surface area contributed by atoms with Crippen molar-refractivity contribution in [1.29, 1.82) is 0 Å². The molecule has 0 aliphatic heterocycles. The Hall–Kier alpha value is -1.06. The van der Waals surface area contributed by atoms with Gasteiger partial charge in [0.2, 0.25) is 0 Å². The number of benzene rings is 1. The van der Waals surface area contributed by atoms with Gasteiger partial charge in [-0.3, -0.25) is 0 Å². The van der Waals surface area contributed by atoms with E-state index in [1.54, 1.807) is 7.11 Å². The number of aliphatic hydroxyl groups excluding tert-OH is 1. The molecule has 2 atom stereocenters. The average Bonchev–Trinajstić information content (AvgIpc) is 2.27. The molecule has 1 aromatic rings. The van der Waals surface area contributed by atoms with Crippen molar-refractivity contribution < 1.29 is 9.84 Å². The second kappa shape index (κ2) is 5.52. The summed E-state index contributed by atoms with van der Waals surface area (Å²) in [5, 5.41) is 10.1. The van der Waals surface area contributed by atoms with Crippen LogP contribution in [0.1, 0.15) is 49.5 Å². The van der Waals surface area contributed by atoms with Crippen molar-refractivity contribution in [3.8, 4) is 5.75 Å². The van der Waals surface area contributed by atoms with Crippen LogP contribution < -0.4 is 10.5 Å². The van der Waals surface area contributed by atoms with Crippen LogP contribution >= 0.6 is 0 Å². The van der Waals surface area contributed by atoms with Gasteiger partial charge in [-0.2, -0.15) is 0 Å². The van der Waals surface area contributed by atoms with Crippen LogP contribution in [-0.4, -0.2) is 18.3 Å². The summed E-state index contributed by atoms with van der Waals surface area (Å²) in [6.45, 7) is 7.99. The standard InChI is InChI=1S/C14H23NO2/c1-8(2)11-7-12(14(16)10(4)15)9(3)6-13(11)17-5/h6-8,10,14,16H,15H2,1-5H3. The quantitative estimate of drug-likeness (QED) is 0.846. The minimum atomic E-state index is -0.626. The molecule has 0 spiro atoms. The number of methoxy groups -OCH3 is 1. The molecular weight excluding hydrogens is 214 g/mol. The lowest BCUT2D eigenvalue weighted by molar-refractivity contribution is 0.152. The highest BCUT2D eigenvalue weighted by molar-refractivity contribution is 5.45. The first-order chi connectivity index (χ1) is 7.88. The minimum Gasteiger partial charge on any atom is -0.496 e. The van der Waals surface area contributed by atoms with Crippen molar-refractivity contribution in [3.05, 3.63) is 28.8 Å². The van der Waals surface area contributed by atoms with E-state index in [-0.39, 0.29) is 6.04 Å². The molecule has 0 fully saturated rings. The van der Waals surface area contributed by atoms with Crippen LogP contribution in [0.15, 0.2) is 12.1 Å². The zero-order valence-electron chi connectivity index (χ0n) is 11.3. The lowest BCUT2D eigenvalue weighted by atomic mass is 9.92. The zero-order chi connectivity index (χ0) is 13.2. The Morgan fingerprint density at radius 1 is 1.18 bits per heavy atom. The van der Waals surface area contributed by atoms with Crippen LogP contribution in [0.2, 0.25) is 0 Å². The maximum atomic E-state index is 10.1. The number of aryl methyl sites for hydroxylation is 1. The molecule has 2 unspecified atom stereocenters. The van der Waals surface area contributed by atoms with Gasteiger partial charge in [-0.1, -0.05) is 13.8 Å². The highest BCUT2D eigenvalue weighted by atomic mass is 16.5. The number of hydrogen-bond acceptors (Lipinski definition) is 3. The smallest absolute Gasteiger partial charge is 0.122 e. The normalized spacial score (nSPS) is 14.8. The molecule has 1 aromatic carbocycles. The largest absolute Gasteiger partial charge is 0.496 e. The van der Waals surface area contributed by atoms with Gasteiger partial charge in [-0.25, -0.2) is 0 Å². The molecule has 0 aromatic heterocycles. The summed E-state index contributed by atoms with van der Waals surface area (Å²) in [6.07, 6.45) is -0.626. The molecule has 0 amide bonds. The lowest BCUT2D eigenvalue weighted by Gasteiger charge is -2.21. The van der Waals surface area contributed by atoms with Crippen molar-refractivity contribution in [2.45, 2.75) is 45.8 Å². The summed E-state index contributed by atoms with van der Waals surface area (Å²) in [7, 11) is 1.67. The van der Waals surface area contributed by atoms with Crippen LogP contribution in [0.3, 0.4) is 0 Å². The SMILES string of the molecule is COc1cc(C)c(C(O)C(C)N)cc1C(C)C. The molecule has 0 radical (unpaired) electrons.